The first kappa shape index (κ1) is 28.9. The van der Waals surface area contributed by atoms with Crippen molar-refractivity contribution >= 4 is 29.3 Å². The van der Waals surface area contributed by atoms with Gasteiger partial charge in [0.25, 0.3) is 5.91 Å². The van der Waals surface area contributed by atoms with Crippen molar-refractivity contribution in [3.8, 4) is 17.2 Å². The van der Waals surface area contributed by atoms with Gasteiger partial charge in [-0.15, -0.1) is 0 Å². The number of carbonyl (C=O) groups is 2. The molecule has 1 aromatic heterocycles. The molecule has 1 aliphatic rings. The van der Waals surface area contributed by atoms with Crippen LogP contribution in [0.5, 0.6) is 17.2 Å². The number of anilines is 1. The number of rotatable bonds is 10. The maximum atomic E-state index is 14.0. The third kappa shape index (κ3) is 6.98. The summed E-state index contributed by atoms with van der Waals surface area (Å²) in [4.78, 5) is 38.3. The summed E-state index contributed by atoms with van der Waals surface area (Å²) >= 11 is 1.19. The highest BCUT2D eigenvalue weighted by atomic mass is 32.2. The van der Waals surface area contributed by atoms with Crippen LogP contribution in [0.3, 0.4) is 0 Å². The number of aromatic nitrogens is 2. The van der Waals surface area contributed by atoms with Crippen molar-refractivity contribution in [3.05, 3.63) is 101 Å². The standard InChI is InChI=1S/C31H29FN4O5S/c1-19-14-20(2)34-31(33-19)42-17-28(37)36(16-21-4-8-23(32)9-5-21)29(22-6-11-25(39-3)12-7-22)30(38)35-24-10-13-26-27(15-24)41-18-40-26/h4-15,29H,16-18H2,1-3H3,(H,35,38)/t29-/m0/s1. The minimum atomic E-state index is -1.04. The number of methoxy groups -OCH3 is 1. The Kier molecular flexibility index (Phi) is 8.87. The fourth-order valence-electron chi connectivity index (χ4n) is 4.52. The molecule has 2 amide bonds. The lowest BCUT2D eigenvalue weighted by Crippen LogP contribution is -2.41. The maximum Gasteiger partial charge on any atom is 0.251 e. The van der Waals surface area contributed by atoms with Crippen molar-refractivity contribution in [1.82, 2.24) is 14.9 Å². The SMILES string of the molecule is COc1ccc([C@@H](C(=O)Nc2ccc3c(c2)OCO3)N(Cc2ccc(F)cc2)C(=O)CSc2nc(C)cc(C)n2)cc1. The lowest BCUT2D eigenvalue weighted by atomic mass is 10.0. The molecule has 5 rings (SSSR count). The minimum absolute atomic E-state index is 0.0198. The first-order valence-corrected chi connectivity index (χ1v) is 14.1. The van der Waals surface area contributed by atoms with E-state index in [9.17, 15) is 14.0 Å². The number of carbonyl (C=O) groups excluding carboxylic acids is 2. The number of hydrogen-bond acceptors (Lipinski definition) is 8. The van der Waals surface area contributed by atoms with Gasteiger partial charge < -0.3 is 24.4 Å². The van der Waals surface area contributed by atoms with Gasteiger partial charge >= 0.3 is 0 Å². The van der Waals surface area contributed by atoms with E-state index in [1.54, 1.807) is 61.7 Å². The summed E-state index contributed by atoms with van der Waals surface area (Å²) in [5.74, 6) is 0.514. The summed E-state index contributed by atoms with van der Waals surface area (Å²) < 4.78 is 29.9. The maximum absolute atomic E-state index is 14.0. The number of hydrogen-bond donors (Lipinski definition) is 1. The molecule has 0 spiro atoms. The summed E-state index contributed by atoms with van der Waals surface area (Å²) in [6.07, 6.45) is 0. The van der Waals surface area contributed by atoms with Crippen molar-refractivity contribution in [3.63, 3.8) is 0 Å². The molecule has 2 heterocycles. The molecule has 1 N–H and O–H groups in total. The number of nitrogens with one attached hydrogen (secondary N) is 1. The van der Waals surface area contributed by atoms with Crippen LogP contribution in [0.4, 0.5) is 10.1 Å². The molecule has 11 heteroatoms. The lowest BCUT2D eigenvalue weighted by molar-refractivity contribution is -0.137. The van der Waals surface area contributed by atoms with Crippen LogP contribution in [-0.2, 0) is 16.1 Å². The number of amides is 2. The molecule has 42 heavy (non-hydrogen) atoms. The Balaban J connectivity index is 1.49. The normalized spacial score (nSPS) is 12.5. The second-order valence-electron chi connectivity index (χ2n) is 9.60. The first-order valence-electron chi connectivity index (χ1n) is 13.1. The number of ether oxygens (including phenoxy) is 3. The van der Waals surface area contributed by atoms with Crippen molar-refractivity contribution in [2.45, 2.75) is 31.6 Å². The van der Waals surface area contributed by atoms with Crippen LogP contribution in [0.15, 0.2) is 78.0 Å². The van der Waals surface area contributed by atoms with Gasteiger partial charge in [-0.05, 0) is 67.4 Å². The smallest absolute Gasteiger partial charge is 0.251 e. The van der Waals surface area contributed by atoms with E-state index in [-0.39, 0.29) is 25.0 Å². The molecular formula is C31H29FN4O5S. The summed E-state index contributed by atoms with van der Waals surface area (Å²) in [6, 6.07) is 18.7. The van der Waals surface area contributed by atoms with E-state index in [1.165, 1.54) is 28.8 Å². The monoisotopic (exact) mass is 588 g/mol. The third-order valence-electron chi connectivity index (χ3n) is 6.50. The molecule has 1 atom stereocenters. The van der Waals surface area contributed by atoms with Crippen LogP contribution < -0.4 is 19.5 Å². The number of benzene rings is 3. The van der Waals surface area contributed by atoms with Gasteiger partial charge in [0.15, 0.2) is 16.7 Å². The summed E-state index contributed by atoms with van der Waals surface area (Å²) in [5.41, 5.74) is 3.29. The molecule has 0 radical (unpaired) electrons. The highest BCUT2D eigenvalue weighted by molar-refractivity contribution is 7.99. The Bertz CT molecular complexity index is 1560. The topological polar surface area (TPSA) is 103 Å². The number of thioether (sulfide) groups is 1. The van der Waals surface area contributed by atoms with Crippen LogP contribution in [0.2, 0.25) is 0 Å². The highest BCUT2D eigenvalue weighted by Crippen LogP contribution is 2.35. The molecule has 0 bridgehead atoms. The predicted molar refractivity (Wildman–Crippen MR) is 156 cm³/mol. The molecule has 0 aliphatic carbocycles. The largest absolute Gasteiger partial charge is 0.497 e. The Morgan fingerprint density at radius 1 is 0.976 bits per heavy atom. The average Bonchev–Trinajstić information content (AvgIpc) is 3.44. The zero-order chi connectivity index (χ0) is 29.6. The van der Waals surface area contributed by atoms with E-state index in [4.69, 9.17) is 14.2 Å². The van der Waals surface area contributed by atoms with Crippen LogP contribution >= 0.6 is 11.8 Å². The van der Waals surface area contributed by atoms with Crippen molar-refractivity contribution < 1.29 is 28.2 Å². The fourth-order valence-corrected chi connectivity index (χ4v) is 5.36. The fraction of sp³-hybridized carbons (Fsp3) is 0.226. The average molecular weight is 589 g/mol. The van der Waals surface area contributed by atoms with Crippen LogP contribution in [0.1, 0.15) is 28.6 Å². The Labute approximate surface area is 247 Å². The first-order chi connectivity index (χ1) is 20.3. The van der Waals surface area contributed by atoms with Gasteiger partial charge in [-0.2, -0.15) is 0 Å². The molecule has 0 saturated heterocycles. The third-order valence-corrected chi connectivity index (χ3v) is 7.34. The Morgan fingerprint density at radius 3 is 2.36 bits per heavy atom. The predicted octanol–water partition coefficient (Wildman–Crippen LogP) is 5.47. The molecule has 0 unspecified atom stereocenters. The van der Waals surface area contributed by atoms with Crippen LogP contribution in [-0.4, -0.2) is 46.3 Å². The zero-order valence-corrected chi connectivity index (χ0v) is 24.1. The molecule has 0 saturated carbocycles. The van der Waals surface area contributed by atoms with Crippen LogP contribution in [0.25, 0.3) is 0 Å². The second kappa shape index (κ2) is 12.9. The highest BCUT2D eigenvalue weighted by Gasteiger charge is 2.32. The molecule has 9 nitrogen and oxygen atoms in total. The molecular weight excluding hydrogens is 559 g/mol. The minimum Gasteiger partial charge on any atom is -0.497 e. The van der Waals surface area contributed by atoms with Crippen LogP contribution in [0, 0.1) is 19.7 Å². The quantitative estimate of drug-likeness (QED) is 0.192. The number of fused-ring (bicyclic) bond motifs is 1. The van der Waals surface area contributed by atoms with Crippen molar-refractivity contribution in [2.24, 2.45) is 0 Å². The van der Waals surface area contributed by atoms with E-state index in [0.29, 0.717) is 39.2 Å². The van der Waals surface area contributed by atoms with Gasteiger partial charge in [-0.1, -0.05) is 36.0 Å². The van der Waals surface area contributed by atoms with E-state index >= 15 is 0 Å². The second-order valence-corrected chi connectivity index (χ2v) is 10.5. The Morgan fingerprint density at radius 2 is 1.67 bits per heavy atom. The van der Waals surface area contributed by atoms with Gasteiger partial charge in [-0.3, -0.25) is 9.59 Å². The van der Waals surface area contributed by atoms with Gasteiger partial charge in [0.2, 0.25) is 12.7 Å². The number of halogens is 1. The van der Waals surface area contributed by atoms with Gasteiger partial charge in [0.05, 0.1) is 12.9 Å². The van der Waals surface area contributed by atoms with Gasteiger partial charge in [-0.25, -0.2) is 14.4 Å². The van der Waals surface area contributed by atoms with E-state index in [1.807, 2.05) is 19.9 Å². The summed E-state index contributed by atoms with van der Waals surface area (Å²) in [6.45, 7) is 3.88. The molecule has 0 fully saturated rings. The van der Waals surface area contributed by atoms with E-state index in [2.05, 4.69) is 15.3 Å². The number of aryl methyl sites for hydroxylation is 2. The molecule has 3 aromatic carbocycles. The lowest BCUT2D eigenvalue weighted by Gasteiger charge is -2.31. The van der Waals surface area contributed by atoms with Gasteiger partial charge in [0.1, 0.15) is 17.6 Å². The van der Waals surface area contributed by atoms with Gasteiger partial charge in [0, 0.05) is 29.7 Å². The molecule has 4 aromatic rings. The molecule has 216 valence electrons. The molecule has 1 aliphatic heterocycles. The van der Waals surface area contributed by atoms with Crippen molar-refractivity contribution in [1.29, 1.82) is 0 Å². The van der Waals surface area contributed by atoms with Crippen molar-refractivity contribution in [2.75, 3.05) is 25.0 Å². The Hall–Kier alpha value is -4.64. The van der Waals surface area contributed by atoms with E-state index in [0.717, 1.165) is 11.4 Å². The zero-order valence-electron chi connectivity index (χ0n) is 23.3. The number of nitrogens with zero attached hydrogens (tertiary/aromatic N) is 3. The van der Waals surface area contributed by atoms with E-state index < -0.39 is 17.8 Å². The summed E-state index contributed by atoms with van der Waals surface area (Å²) in [5, 5.41) is 3.39. The summed E-state index contributed by atoms with van der Waals surface area (Å²) in [7, 11) is 1.55.